The Kier molecular flexibility index (Phi) is 4.01. The van der Waals surface area contributed by atoms with Gasteiger partial charge in [0.15, 0.2) is 11.6 Å². The molecule has 3 aromatic rings. The van der Waals surface area contributed by atoms with E-state index < -0.39 is 0 Å². The molecule has 0 radical (unpaired) electrons. The van der Waals surface area contributed by atoms with Crippen LogP contribution in [0.1, 0.15) is 18.3 Å². The molecule has 4 nitrogen and oxygen atoms in total. The number of hydrogen-bond acceptors (Lipinski definition) is 3. The fraction of sp³-hybridized carbons (Fsp3) is 0.111. The lowest BCUT2D eigenvalue weighted by Gasteiger charge is -2.04. The van der Waals surface area contributed by atoms with Crippen molar-refractivity contribution < 1.29 is 5.11 Å². The zero-order chi connectivity index (χ0) is 15.4. The van der Waals surface area contributed by atoms with Crippen LogP contribution in [0.5, 0.6) is 5.75 Å². The van der Waals surface area contributed by atoms with Gasteiger partial charge >= 0.3 is 0 Å². The van der Waals surface area contributed by atoms with Gasteiger partial charge in [-0.25, -0.2) is 9.67 Å². The van der Waals surface area contributed by atoms with Gasteiger partial charge in [0.1, 0.15) is 5.75 Å². The third-order valence-corrected chi connectivity index (χ3v) is 3.36. The molecular formula is C18H17N3O. The Labute approximate surface area is 129 Å². The highest BCUT2D eigenvalue weighted by atomic mass is 16.3. The minimum atomic E-state index is 0.211. The predicted molar refractivity (Wildman–Crippen MR) is 88.2 cm³/mol. The average molecular weight is 291 g/mol. The number of phenolic OH excluding ortho intramolecular Hbond substituents is 1. The largest absolute Gasteiger partial charge is 0.507 e. The Hall–Kier alpha value is -2.88. The minimum absolute atomic E-state index is 0.211. The Morgan fingerprint density at radius 1 is 1.00 bits per heavy atom. The topological polar surface area (TPSA) is 50.9 Å². The minimum Gasteiger partial charge on any atom is -0.507 e. The molecule has 0 spiro atoms. The van der Waals surface area contributed by atoms with E-state index in [0.29, 0.717) is 23.8 Å². The van der Waals surface area contributed by atoms with Crippen molar-refractivity contribution >= 4 is 12.2 Å². The molecule has 22 heavy (non-hydrogen) atoms. The first-order valence-corrected chi connectivity index (χ1v) is 7.24. The summed E-state index contributed by atoms with van der Waals surface area (Å²) in [6.07, 6.45) is 3.86. The van der Waals surface area contributed by atoms with Gasteiger partial charge in [-0.15, -0.1) is 0 Å². The summed E-state index contributed by atoms with van der Waals surface area (Å²) in [4.78, 5) is 4.53. The normalized spacial score (nSPS) is 11.1. The summed E-state index contributed by atoms with van der Waals surface area (Å²) in [6, 6.07) is 17.2. The van der Waals surface area contributed by atoms with Crippen LogP contribution in [0.2, 0.25) is 0 Å². The SMILES string of the molecule is CCn1nc(/C=C/c2ccccc2)nc1-c1ccccc1O. The van der Waals surface area contributed by atoms with Crippen molar-refractivity contribution in [3.05, 3.63) is 66.0 Å². The fourth-order valence-corrected chi connectivity index (χ4v) is 2.25. The number of aromatic nitrogens is 3. The fourth-order valence-electron chi connectivity index (χ4n) is 2.25. The Bertz CT molecular complexity index is 791. The van der Waals surface area contributed by atoms with E-state index in [1.165, 1.54) is 0 Å². The summed E-state index contributed by atoms with van der Waals surface area (Å²) >= 11 is 0. The molecule has 0 unspecified atom stereocenters. The maximum atomic E-state index is 10.0. The van der Waals surface area contributed by atoms with Crippen LogP contribution in [0.25, 0.3) is 23.5 Å². The molecule has 1 heterocycles. The smallest absolute Gasteiger partial charge is 0.174 e. The van der Waals surface area contributed by atoms with Crippen LogP contribution >= 0.6 is 0 Å². The van der Waals surface area contributed by atoms with E-state index >= 15 is 0 Å². The highest BCUT2D eigenvalue weighted by Gasteiger charge is 2.12. The zero-order valence-corrected chi connectivity index (χ0v) is 12.3. The van der Waals surface area contributed by atoms with Crippen LogP contribution in [0.4, 0.5) is 0 Å². The first kappa shape index (κ1) is 14.1. The number of rotatable bonds is 4. The van der Waals surface area contributed by atoms with Gasteiger partial charge < -0.3 is 5.11 Å². The molecule has 4 heteroatoms. The molecule has 2 aromatic carbocycles. The molecule has 1 aromatic heterocycles. The van der Waals surface area contributed by atoms with Crippen molar-refractivity contribution in [2.24, 2.45) is 0 Å². The van der Waals surface area contributed by atoms with Crippen LogP contribution < -0.4 is 0 Å². The highest BCUT2D eigenvalue weighted by molar-refractivity contribution is 5.69. The second-order valence-electron chi connectivity index (χ2n) is 4.87. The molecule has 0 fully saturated rings. The van der Waals surface area contributed by atoms with Crippen LogP contribution in [0, 0.1) is 0 Å². The Morgan fingerprint density at radius 2 is 1.73 bits per heavy atom. The quantitative estimate of drug-likeness (QED) is 0.794. The summed E-state index contributed by atoms with van der Waals surface area (Å²) in [5.74, 6) is 1.51. The molecule has 0 atom stereocenters. The number of phenols is 1. The summed E-state index contributed by atoms with van der Waals surface area (Å²) in [5.41, 5.74) is 1.79. The molecule has 0 saturated carbocycles. The molecule has 1 N–H and O–H groups in total. The molecule has 0 aliphatic carbocycles. The average Bonchev–Trinajstić information content (AvgIpc) is 2.97. The Morgan fingerprint density at radius 3 is 2.45 bits per heavy atom. The van der Waals surface area contributed by atoms with Gasteiger partial charge in [-0.3, -0.25) is 0 Å². The molecular weight excluding hydrogens is 274 g/mol. The van der Waals surface area contributed by atoms with E-state index in [1.807, 2.05) is 61.5 Å². The van der Waals surface area contributed by atoms with Gasteiger partial charge in [0, 0.05) is 6.54 Å². The van der Waals surface area contributed by atoms with Crippen molar-refractivity contribution in [1.82, 2.24) is 14.8 Å². The highest BCUT2D eigenvalue weighted by Crippen LogP contribution is 2.27. The number of para-hydroxylation sites is 1. The van der Waals surface area contributed by atoms with Gasteiger partial charge in [0.2, 0.25) is 0 Å². The van der Waals surface area contributed by atoms with Crippen molar-refractivity contribution in [2.45, 2.75) is 13.5 Å². The second kappa shape index (κ2) is 6.26. The number of benzene rings is 2. The molecule has 0 saturated heterocycles. The molecule has 0 amide bonds. The van der Waals surface area contributed by atoms with Gasteiger partial charge in [0.05, 0.1) is 5.56 Å². The summed E-state index contributed by atoms with van der Waals surface area (Å²) in [5, 5.41) is 14.5. The number of aryl methyl sites for hydroxylation is 1. The van der Waals surface area contributed by atoms with Gasteiger partial charge in [-0.1, -0.05) is 48.5 Å². The first-order chi connectivity index (χ1) is 10.8. The molecule has 110 valence electrons. The summed E-state index contributed by atoms with van der Waals surface area (Å²) in [7, 11) is 0. The van der Waals surface area contributed by atoms with Crippen molar-refractivity contribution in [2.75, 3.05) is 0 Å². The third-order valence-electron chi connectivity index (χ3n) is 3.36. The summed E-state index contributed by atoms with van der Waals surface area (Å²) < 4.78 is 1.79. The van der Waals surface area contributed by atoms with Crippen LogP contribution in [-0.4, -0.2) is 19.9 Å². The number of aromatic hydroxyl groups is 1. The van der Waals surface area contributed by atoms with Gasteiger partial charge in [-0.05, 0) is 30.7 Å². The molecule has 3 rings (SSSR count). The van der Waals surface area contributed by atoms with E-state index in [2.05, 4.69) is 10.1 Å². The third kappa shape index (κ3) is 2.91. The van der Waals surface area contributed by atoms with E-state index in [4.69, 9.17) is 0 Å². The van der Waals surface area contributed by atoms with E-state index in [-0.39, 0.29) is 5.75 Å². The maximum absolute atomic E-state index is 10.0. The van der Waals surface area contributed by atoms with Crippen LogP contribution in [0.15, 0.2) is 54.6 Å². The molecule has 0 bridgehead atoms. The van der Waals surface area contributed by atoms with E-state index in [0.717, 1.165) is 5.56 Å². The van der Waals surface area contributed by atoms with Crippen molar-refractivity contribution in [1.29, 1.82) is 0 Å². The lowest BCUT2D eigenvalue weighted by Crippen LogP contribution is -1.99. The monoisotopic (exact) mass is 291 g/mol. The maximum Gasteiger partial charge on any atom is 0.174 e. The van der Waals surface area contributed by atoms with Crippen LogP contribution in [0.3, 0.4) is 0 Å². The summed E-state index contributed by atoms with van der Waals surface area (Å²) in [6.45, 7) is 2.69. The predicted octanol–water partition coefficient (Wildman–Crippen LogP) is 3.84. The van der Waals surface area contributed by atoms with E-state index in [9.17, 15) is 5.11 Å². The Balaban J connectivity index is 1.95. The van der Waals surface area contributed by atoms with Crippen molar-refractivity contribution in [3.8, 4) is 17.1 Å². The van der Waals surface area contributed by atoms with Gasteiger partial charge in [0.25, 0.3) is 0 Å². The lowest BCUT2D eigenvalue weighted by atomic mass is 10.2. The molecule has 0 aliphatic heterocycles. The van der Waals surface area contributed by atoms with Crippen LogP contribution in [-0.2, 0) is 6.54 Å². The molecule has 0 aliphatic rings. The lowest BCUT2D eigenvalue weighted by molar-refractivity contribution is 0.476. The second-order valence-corrected chi connectivity index (χ2v) is 4.87. The standard InChI is InChI=1S/C18H17N3O/c1-2-21-18(15-10-6-7-11-16(15)22)19-17(20-21)13-12-14-8-4-3-5-9-14/h3-13,22H,2H2,1H3/b13-12+. The van der Waals surface area contributed by atoms with E-state index in [1.54, 1.807) is 16.8 Å². The number of hydrogen-bond donors (Lipinski definition) is 1. The number of nitrogens with zero attached hydrogens (tertiary/aromatic N) is 3. The zero-order valence-electron chi connectivity index (χ0n) is 12.3. The first-order valence-electron chi connectivity index (χ1n) is 7.24. The van der Waals surface area contributed by atoms with Gasteiger partial charge in [-0.2, -0.15) is 5.10 Å². The van der Waals surface area contributed by atoms with Crippen molar-refractivity contribution in [3.63, 3.8) is 0 Å².